The van der Waals surface area contributed by atoms with Gasteiger partial charge in [-0.2, -0.15) is 0 Å². The number of fused-ring (bicyclic) bond motifs is 1. The van der Waals surface area contributed by atoms with Crippen LogP contribution < -0.4 is 5.32 Å². The number of hydrogen-bond donors (Lipinski definition) is 1. The number of carbonyl (C=O) groups excluding carboxylic acids is 1. The van der Waals surface area contributed by atoms with Crippen LogP contribution in [0.4, 0.5) is 0 Å². The van der Waals surface area contributed by atoms with Crippen LogP contribution in [-0.2, 0) is 26.1 Å². The zero-order valence-electron chi connectivity index (χ0n) is 17.8. The Morgan fingerprint density at radius 3 is 2.50 bits per heavy atom. The molecular formula is C25H30N4O. The quantitative estimate of drug-likeness (QED) is 0.678. The van der Waals surface area contributed by atoms with Crippen molar-refractivity contribution in [1.82, 2.24) is 19.8 Å². The first-order chi connectivity index (χ1) is 14.6. The van der Waals surface area contributed by atoms with E-state index in [1.165, 1.54) is 11.1 Å². The molecular weight excluding hydrogens is 372 g/mol. The molecule has 1 aliphatic rings. The molecule has 5 heteroatoms. The molecule has 5 nitrogen and oxygen atoms in total. The summed E-state index contributed by atoms with van der Waals surface area (Å²) in [5, 5.41) is 3.02. The summed E-state index contributed by atoms with van der Waals surface area (Å²) >= 11 is 0. The third-order valence-corrected chi connectivity index (χ3v) is 5.81. The second-order valence-electron chi connectivity index (χ2n) is 8.30. The van der Waals surface area contributed by atoms with Crippen molar-refractivity contribution in [3.63, 3.8) is 0 Å². The van der Waals surface area contributed by atoms with E-state index in [2.05, 4.69) is 57.9 Å². The van der Waals surface area contributed by atoms with Gasteiger partial charge in [-0.1, -0.05) is 68.4 Å². The fourth-order valence-electron chi connectivity index (χ4n) is 3.95. The van der Waals surface area contributed by atoms with E-state index in [0.717, 1.165) is 44.0 Å². The molecule has 0 bridgehead atoms. The summed E-state index contributed by atoms with van der Waals surface area (Å²) in [6, 6.07) is 18.9. The molecule has 0 spiro atoms. The summed E-state index contributed by atoms with van der Waals surface area (Å²) in [5.74, 6) is 1.49. The summed E-state index contributed by atoms with van der Waals surface area (Å²) in [7, 11) is 0. The number of rotatable bonds is 6. The predicted molar refractivity (Wildman–Crippen MR) is 119 cm³/mol. The van der Waals surface area contributed by atoms with E-state index in [9.17, 15) is 4.79 Å². The number of nitrogens with one attached hydrogen (secondary N) is 1. The van der Waals surface area contributed by atoms with E-state index in [1.807, 2.05) is 30.3 Å². The van der Waals surface area contributed by atoms with Gasteiger partial charge >= 0.3 is 0 Å². The van der Waals surface area contributed by atoms with E-state index < -0.39 is 0 Å². The van der Waals surface area contributed by atoms with Crippen LogP contribution in [0, 0.1) is 0 Å². The minimum atomic E-state index is -0.0599. The largest absolute Gasteiger partial charge is 0.347 e. The maximum Gasteiger partial charge on any atom is 0.269 e. The van der Waals surface area contributed by atoms with Gasteiger partial charge in [-0.3, -0.25) is 9.69 Å². The van der Waals surface area contributed by atoms with Crippen LogP contribution in [0.3, 0.4) is 0 Å². The van der Waals surface area contributed by atoms with Crippen LogP contribution in [0.15, 0.2) is 60.8 Å². The first-order valence-electron chi connectivity index (χ1n) is 10.8. The highest BCUT2D eigenvalue weighted by atomic mass is 16.1. The third-order valence-electron chi connectivity index (χ3n) is 5.81. The third kappa shape index (κ3) is 4.79. The van der Waals surface area contributed by atoms with E-state index in [1.54, 1.807) is 6.20 Å². The molecule has 0 fully saturated rings. The highest BCUT2D eigenvalue weighted by Crippen LogP contribution is 2.17. The fraction of sp³-hybridized carbons (Fsp3) is 0.360. The summed E-state index contributed by atoms with van der Waals surface area (Å²) in [4.78, 5) is 19.7. The summed E-state index contributed by atoms with van der Waals surface area (Å²) in [6.07, 6.45) is 2.58. The summed E-state index contributed by atoms with van der Waals surface area (Å²) in [5.41, 5.74) is 4.46. The van der Waals surface area contributed by atoms with Gasteiger partial charge in [0.1, 0.15) is 11.5 Å². The normalized spacial score (nSPS) is 14.4. The molecule has 0 saturated heterocycles. The number of nitrogens with zero attached hydrogens (tertiary/aromatic N) is 3. The van der Waals surface area contributed by atoms with Crippen molar-refractivity contribution in [2.24, 2.45) is 0 Å². The van der Waals surface area contributed by atoms with Gasteiger partial charge in [-0.25, -0.2) is 4.98 Å². The molecule has 1 amide bonds. The molecule has 4 rings (SSSR count). The molecule has 0 unspecified atom stereocenters. The van der Waals surface area contributed by atoms with Gasteiger partial charge in [-0.05, 0) is 22.6 Å². The number of amides is 1. The van der Waals surface area contributed by atoms with Crippen LogP contribution in [-0.4, -0.2) is 33.4 Å². The van der Waals surface area contributed by atoms with Crippen LogP contribution in [0.25, 0.3) is 0 Å². The SMILES string of the molecule is CC(C)c1ccc(CN2CCc3ncc(C(=O)NCc4ccccc4)n3CC2)cc1. The summed E-state index contributed by atoms with van der Waals surface area (Å²) < 4.78 is 2.09. The lowest BCUT2D eigenvalue weighted by atomic mass is 10.0. The second-order valence-corrected chi connectivity index (χ2v) is 8.30. The first kappa shape index (κ1) is 20.4. The zero-order chi connectivity index (χ0) is 20.9. The van der Waals surface area contributed by atoms with Gasteiger partial charge in [0, 0.05) is 39.1 Å². The smallest absolute Gasteiger partial charge is 0.269 e. The van der Waals surface area contributed by atoms with E-state index in [4.69, 9.17) is 0 Å². The maximum absolute atomic E-state index is 12.7. The van der Waals surface area contributed by atoms with E-state index in [0.29, 0.717) is 18.2 Å². The molecule has 3 aromatic rings. The Morgan fingerprint density at radius 1 is 1.00 bits per heavy atom. The Kier molecular flexibility index (Phi) is 6.29. The van der Waals surface area contributed by atoms with Crippen molar-refractivity contribution in [3.05, 3.63) is 89.0 Å². The highest BCUT2D eigenvalue weighted by Gasteiger charge is 2.21. The van der Waals surface area contributed by atoms with Gasteiger partial charge in [-0.15, -0.1) is 0 Å². The molecule has 0 atom stereocenters. The average molecular weight is 403 g/mol. The molecule has 0 saturated carbocycles. The lowest BCUT2D eigenvalue weighted by molar-refractivity contribution is 0.0940. The topological polar surface area (TPSA) is 50.2 Å². The molecule has 156 valence electrons. The number of aromatic nitrogens is 2. The Bertz CT molecular complexity index is 976. The van der Waals surface area contributed by atoms with Gasteiger partial charge in [0.15, 0.2) is 0 Å². The Balaban J connectivity index is 1.37. The van der Waals surface area contributed by atoms with Crippen LogP contribution in [0.5, 0.6) is 0 Å². The molecule has 2 heterocycles. The molecule has 1 N–H and O–H groups in total. The van der Waals surface area contributed by atoms with Gasteiger partial charge < -0.3 is 9.88 Å². The van der Waals surface area contributed by atoms with E-state index >= 15 is 0 Å². The predicted octanol–water partition coefficient (Wildman–Crippen LogP) is 3.99. The first-order valence-corrected chi connectivity index (χ1v) is 10.8. The standard InChI is InChI=1S/C25H30N4O/c1-19(2)22-10-8-21(9-11-22)18-28-13-12-24-26-17-23(29(24)15-14-28)25(30)27-16-20-6-4-3-5-7-20/h3-11,17,19H,12-16,18H2,1-2H3,(H,27,30). The van der Waals surface area contributed by atoms with Crippen LogP contribution in [0.2, 0.25) is 0 Å². The Hall–Kier alpha value is -2.92. The minimum Gasteiger partial charge on any atom is -0.347 e. The molecule has 0 aliphatic carbocycles. The number of imidazole rings is 1. The minimum absolute atomic E-state index is 0.0599. The molecule has 1 aliphatic heterocycles. The van der Waals surface area contributed by atoms with Crippen LogP contribution >= 0.6 is 0 Å². The molecule has 0 radical (unpaired) electrons. The van der Waals surface area contributed by atoms with Crippen molar-refractivity contribution in [3.8, 4) is 0 Å². The monoisotopic (exact) mass is 402 g/mol. The zero-order valence-corrected chi connectivity index (χ0v) is 17.8. The molecule has 1 aromatic heterocycles. The Labute approximate surface area is 178 Å². The van der Waals surface area contributed by atoms with Crippen molar-refractivity contribution in [2.75, 3.05) is 13.1 Å². The summed E-state index contributed by atoms with van der Waals surface area (Å²) in [6.45, 7) is 8.55. The van der Waals surface area contributed by atoms with Crippen molar-refractivity contribution < 1.29 is 4.79 Å². The number of carbonyl (C=O) groups is 1. The van der Waals surface area contributed by atoms with Crippen molar-refractivity contribution >= 4 is 5.91 Å². The van der Waals surface area contributed by atoms with Gasteiger partial charge in [0.2, 0.25) is 0 Å². The fourth-order valence-corrected chi connectivity index (χ4v) is 3.95. The van der Waals surface area contributed by atoms with Gasteiger partial charge in [0.25, 0.3) is 5.91 Å². The van der Waals surface area contributed by atoms with Crippen molar-refractivity contribution in [1.29, 1.82) is 0 Å². The van der Waals surface area contributed by atoms with Crippen LogP contribution in [0.1, 0.15) is 52.8 Å². The molecule has 2 aromatic carbocycles. The average Bonchev–Trinajstić information content (AvgIpc) is 3.07. The van der Waals surface area contributed by atoms with Crippen molar-refractivity contribution in [2.45, 2.75) is 45.8 Å². The lowest BCUT2D eigenvalue weighted by Crippen LogP contribution is -2.28. The maximum atomic E-state index is 12.7. The van der Waals surface area contributed by atoms with E-state index in [-0.39, 0.29) is 5.91 Å². The number of hydrogen-bond acceptors (Lipinski definition) is 3. The lowest BCUT2D eigenvalue weighted by Gasteiger charge is -2.20. The number of benzene rings is 2. The molecule has 30 heavy (non-hydrogen) atoms. The van der Waals surface area contributed by atoms with Gasteiger partial charge in [0.05, 0.1) is 6.20 Å². The highest BCUT2D eigenvalue weighted by molar-refractivity contribution is 5.92. The Morgan fingerprint density at radius 2 is 1.77 bits per heavy atom. The second kappa shape index (κ2) is 9.26.